The number of aromatic nitrogens is 1. The molecule has 0 N–H and O–H groups in total. The summed E-state index contributed by atoms with van der Waals surface area (Å²) < 4.78 is 15.2. The van der Waals surface area contributed by atoms with E-state index in [0.717, 1.165) is 31.6 Å². The van der Waals surface area contributed by atoms with E-state index in [1.807, 2.05) is 6.07 Å². The summed E-state index contributed by atoms with van der Waals surface area (Å²) in [5.74, 6) is 0.899. The Kier molecular flexibility index (Phi) is 3.32. The normalized spacial score (nSPS) is 32.4. The topological polar surface area (TPSA) is 26.6 Å². The summed E-state index contributed by atoms with van der Waals surface area (Å²) in [4.78, 5) is 2.63. The van der Waals surface area contributed by atoms with Gasteiger partial charge in [-0.15, -0.1) is 0 Å². The second kappa shape index (κ2) is 5.74. The molecular weight excluding hydrogens is 384 g/mol. The number of rotatable bonds is 3. The minimum absolute atomic E-state index is 0.0838. The number of ether oxygens (including phenoxy) is 2. The second-order valence-electron chi connectivity index (χ2n) is 9.86. The molecule has 1 unspecified atom stereocenters. The molecule has 158 valence electrons. The first-order valence-electron chi connectivity index (χ1n) is 11.5. The van der Waals surface area contributed by atoms with Gasteiger partial charge in [0.05, 0.1) is 24.8 Å². The summed E-state index contributed by atoms with van der Waals surface area (Å²) in [5, 5.41) is 1.42. The largest absolute Gasteiger partial charge is 0.497 e. The zero-order valence-electron chi connectivity index (χ0n) is 18.4. The number of hydrogen-bond acceptors (Lipinski definition) is 3. The van der Waals surface area contributed by atoms with Gasteiger partial charge in [0.25, 0.3) is 0 Å². The Hall–Kier alpha value is -2.72. The number of hydrogen-bond donors (Lipinski definition) is 0. The van der Waals surface area contributed by atoms with Crippen molar-refractivity contribution in [2.75, 3.05) is 13.7 Å². The van der Waals surface area contributed by atoms with E-state index in [-0.39, 0.29) is 17.2 Å². The van der Waals surface area contributed by atoms with Crippen LogP contribution in [0.3, 0.4) is 0 Å². The van der Waals surface area contributed by atoms with Gasteiger partial charge in [-0.25, -0.2) is 0 Å². The number of para-hydroxylation sites is 1. The van der Waals surface area contributed by atoms with Crippen molar-refractivity contribution in [3.05, 3.63) is 71.6 Å². The Morgan fingerprint density at radius 3 is 2.87 bits per heavy atom. The smallest absolute Gasteiger partial charge is 0.143 e. The lowest BCUT2D eigenvalue weighted by atomic mass is 9.62. The predicted molar refractivity (Wildman–Crippen MR) is 122 cm³/mol. The number of benzene rings is 2. The molecule has 0 saturated carbocycles. The quantitative estimate of drug-likeness (QED) is 0.570. The van der Waals surface area contributed by atoms with E-state index in [9.17, 15) is 0 Å². The first-order valence-corrected chi connectivity index (χ1v) is 11.5. The molecule has 0 amide bonds. The molecular formula is C27H28N2O2. The molecule has 7 rings (SSSR count). The van der Waals surface area contributed by atoms with Crippen LogP contribution in [-0.4, -0.2) is 29.2 Å². The molecule has 4 nitrogen and oxygen atoms in total. The Balaban J connectivity index is 1.52. The maximum absolute atomic E-state index is 7.13. The third-order valence-electron chi connectivity index (χ3n) is 8.45. The van der Waals surface area contributed by atoms with E-state index in [0.29, 0.717) is 6.04 Å². The highest BCUT2D eigenvalue weighted by Crippen LogP contribution is 2.68. The monoisotopic (exact) mass is 412 g/mol. The molecule has 1 saturated heterocycles. The van der Waals surface area contributed by atoms with E-state index in [4.69, 9.17) is 9.47 Å². The van der Waals surface area contributed by atoms with Crippen LogP contribution >= 0.6 is 0 Å². The van der Waals surface area contributed by atoms with E-state index < -0.39 is 0 Å². The lowest BCUT2D eigenvalue weighted by Gasteiger charge is -2.54. The first-order chi connectivity index (χ1) is 15.1. The standard InChI is InChI=1S/C27H28N2O2/c1-4-27-16-26(2)29-22-11-6-5-10-19(22)20-12-13-28(24(27)23(20)29)15-21(25(27)31-26)17-8-7-9-18(14-17)30-3/h5-11,14-15,24-25H,4,12-13,16H2,1-3H3/t24-,25-,26?,27+/m1/s1. The highest BCUT2D eigenvalue weighted by atomic mass is 16.5. The zero-order valence-corrected chi connectivity index (χ0v) is 18.4. The fourth-order valence-corrected chi connectivity index (χ4v) is 7.29. The van der Waals surface area contributed by atoms with Crippen molar-refractivity contribution < 1.29 is 9.47 Å². The van der Waals surface area contributed by atoms with E-state index >= 15 is 0 Å². The molecule has 2 bridgehead atoms. The minimum Gasteiger partial charge on any atom is -0.497 e. The van der Waals surface area contributed by atoms with E-state index in [1.54, 1.807) is 12.7 Å². The molecule has 1 fully saturated rings. The van der Waals surface area contributed by atoms with Gasteiger partial charge in [0.1, 0.15) is 11.5 Å². The molecule has 5 heterocycles. The van der Waals surface area contributed by atoms with Crippen LogP contribution in [0.2, 0.25) is 0 Å². The van der Waals surface area contributed by atoms with Crippen LogP contribution in [0.5, 0.6) is 5.75 Å². The Morgan fingerprint density at radius 1 is 1.16 bits per heavy atom. The fraction of sp³-hybridized carbons (Fsp3) is 0.407. The Bertz CT molecular complexity index is 1270. The SMILES string of the molecule is CC[C@@]12CC3(C)O[C@@H]1C(c1cccc(OC)c1)=CN1CCc4c(n3c3ccccc43)[C@@H]12. The summed E-state index contributed by atoms with van der Waals surface area (Å²) in [6.07, 6.45) is 5.73. The number of nitrogens with zero attached hydrogens (tertiary/aromatic N) is 2. The van der Waals surface area contributed by atoms with Crippen molar-refractivity contribution in [2.45, 2.75) is 51.0 Å². The summed E-state index contributed by atoms with van der Waals surface area (Å²) >= 11 is 0. The van der Waals surface area contributed by atoms with Crippen molar-refractivity contribution in [1.29, 1.82) is 0 Å². The van der Waals surface area contributed by atoms with Crippen molar-refractivity contribution >= 4 is 16.5 Å². The van der Waals surface area contributed by atoms with Crippen LogP contribution in [0.4, 0.5) is 0 Å². The molecule has 4 heteroatoms. The lowest BCUT2D eigenvalue weighted by Crippen LogP contribution is -2.53. The maximum atomic E-state index is 7.13. The van der Waals surface area contributed by atoms with Crippen LogP contribution in [0, 0.1) is 5.41 Å². The molecule has 0 radical (unpaired) electrons. The van der Waals surface area contributed by atoms with E-state index in [1.165, 1.54) is 27.7 Å². The summed E-state index contributed by atoms with van der Waals surface area (Å²) in [5.41, 5.74) is 6.66. The van der Waals surface area contributed by atoms with Gasteiger partial charge in [0, 0.05) is 41.2 Å². The van der Waals surface area contributed by atoms with Gasteiger partial charge >= 0.3 is 0 Å². The van der Waals surface area contributed by atoms with Crippen LogP contribution in [0.25, 0.3) is 16.5 Å². The molecule has 0 spiro atoms. The average molecular weight is 413 g/mol. The van der Waals surface area contributed by atoms with Crippen LogP contribution in [-0.2, 0) is 16.9 Å². The van der Waals surface area contributed by atoms with Crippen molar-refractivity contribution in [3.63, 3.8) is 0 Å². The van der Waals surface area contributed by atoms with Gasteiger partial charge in [0.15, 0.2) is 0 Å². The molecule has 31 heavy (non-hydrogen) atoms. The third kappa shape index (κ3) is 2.00. The highest BCUT2D eigenvalue weighted by molar-refractivity contribution is 5.87. The molecule has 2 aromatic carbocycles. The van der Waals surface area contributed by atoms with Gasteiger partial charge in [0.2, 0.25) is 0 Å². The van der Waals surface area contributed by atoms with E-state index in [2.05, 4.69) is 72.0 Å². The molecule has 4 atom stereocenters. The van der Waals surface area contributed by atoms with Gasteiger partial charge < -0.3 is 18.9 Å². The third-order valence-corrected chi connectivity index (χ3v) is 8.45. The number of fused-ring (bicyclic) bond motifs is 5. The molecule has 4 aliphatic rings. The first kappa shape index (κ1) is 17.9. The van der Waals surface area contributed by atoms with Crippen molar-refractivity contribution in [3.8, 4) is 5.75 Å². The Labute approximate surface area is 183 Å². The predicted octanol–water partition coefficient (Wildman–Crippen LogP) is 5.48. The van der Waals surface area contributed by atoms with Gasteiger partial charge in [-0.2, -0.15) is 0 Å². The average Bonchev–Trinajstić information content (AvgIpc) is 3.29. The van der Waals surface area contributed by atoms with Gasteiger partial charge in [-0.3, -0.25) is 0 Å². The van der Waals surface area contributed by atoms with Gasteiger partial charge in [-0.1, -0.05) is 37.3 Å². The summed E-state index contributed by atoms with van der Waals surface area (Å²) in [6.45, 7) is 5.74. The fourth-order valence-electron chi connectivity index (χ4n) is 7.29. The van der Waals surface area contributed by atoms with Crippen LogP contribution in [0.15, 0.2) is 54.7 Å². The molecule has 3 aromatic rings. The molecule has 0 aliphatic carbocycles. The Morgan fingerprint density at radius 2 is 2.03 bits per heavy atom. The summed E-state index contributed by atoms with van der Waals surface area (Å²) in [6, 6.07) is 17.8. The maximum Gasteiger partial charge on any atom is 0.143 e. The minimum atomic E-state index is -0.324. The lowest BCUT2D eigenvalue weighted by molar-refractivity contribution is -0.0643. The zero-order chi connectivity index (χ0) is 21.0. The second-order valence-corrected chi connectivity index (χ2v) is 9.86. The molecule has 4 aliphatic heterocycles. The van der Waals surface area contributed by atoms with Crippen LogP contribution < -0.4 is 4.74 Å². The highest BCUT2D eigenvalue weighted by Gasteiger charge is 2.67. The van der Waals surface area contributed by atoms with Crippen LogP contribution in [0.1, 0.15) is 49.6 Å². The van der Waals surface area contributed by atoms with Crippen molar-refractivity contribution in [2.24, 2.45) is 5.41 Å². The summed E-state index contributed by atoms with van der Waals surface area (Å²) in [7, 11) is 1.74. The molecule has 1 aromatic heterocycles. The number of methoxy groups -OCH3 is 1. The van der Waals surface area contributed by atoms with Gasteiger partial charge in [-0.05, 0) is 49.1 Å². The van der Waals surface area contributed by atoms with Crippen molar-refractivity contribution in [1.82, 2.24) is 9.47 Å².